The van der Waals surface area contributed by atoms with Gasteiger partial charge in [0.2, 0.25) is 10.0 Å². The van der Waals surface area contributed by atoms with E-state index in [0.717, 1.165) is 51.5 Å². The van der Waals surface area contributed by atoms with E-state index < -0.39 is 10.0 Å². The van der Waals surface area contributed by atoms with Crippen LogP contribution in [0.15, 0.2) is 24.3 Å². The van der Waals surface area contributed by atoms with E-state index in [4.69, 9.17) is 0 Å². The first-order valence-electron chi connectivity index (χ1n) is 11.2. The van der Waals surface area contributed by atoms with Gasteiger partial charge in [0, 0.05) is 51.4 Å². The van der Waals surface area contributed by atoms with Crippen LogP contribution in [0.25, 0.3) is 0 Å². The maximum absolute atomic E-state index is 11.9. The van der Waals surface area contributed by atoms with Gasteiger partial charge in [-0.05, 0) is 37.5 Å². The molecule has 1 aromatic heterocycles. The lowest BCUT2D eigenvalue weighted by atomic mass is 10.1. The van der Waals surface area contributed by atoms with Crippen molar-refractivity contribution in [3.05, 3.63) is 41.5 Å². The molecule has 0 saturated carbocycles. The number of fused-ring (bicyclic) bond motifs is 1. The lowest BCUT2D eigenvalue weighted by molar-refractivity contribution is 0.269. The number of aromatic nitrogens is 3. The van der Waals surface area contributed by atoms with Gasteiger partial charge in [0.15, 0.2) is 5.82 Å². The summed E-state index contributed by atoms with van der Waals surface area (Å²) in [5.41, 5.74) is 2.56. The van der Waals surface area contributed by atoms with Crippen molar-refractivity contribution in [3.8, 4) is 0 Å². The van der Waals surface area contributed by atoms with Crippen LogP contribution >= 0.6 is 0 Å². The summed E-state index contributed by atoms with van der Waals surface area (Å²) in [4.78, 5) is 4.78. The fourth-order valence-electron chi connectivity index (χ4n) is 4.15. The Labute approximate surface area is 186 Å². The van der Waals surface area contributed by atoms with E-state index in [1.807, 2.05) is 13.8 Å². The quantitative estimate of drug-likeness (QED) is 0.634. The summed E-state index contributed by atoms with van der Waals surface area (Å²) in [5, 5.41) is 8.75. The van der Waals surface area contributed by atoms with E-state index >= 15 is 0 Å². The highest BCUT2D eigenvalue weighted by molar-refractivity contribution is 7.88. The number of rotatable bonds is 9. The Balaban J connectivity index is 1.69. The van der Waals surface area contributed by atoms with Gasteiger partial charge in [0.25, 0.3) is 0 Å². The first kappa shape index (κ1) is 23.7. The zero-order chi connectivity index (χ0) is 22.6. The molecule has 0 saturated heterocycles. The molecule has 1 N–H and O–H groups in total. The summed E-state index contributed by atoms with van der Waals surface area (Å²) in [5.74, 6) is 1.71. The highest BCUT2D eigenvalue weighted by Gasteiger charge is 2.28. The third-order valence-electron chi connectivity index (χ3n) is 5.90. The lowest BCUT2D eigenvalue weighted by Crippen LogP contribution is -2.33. The molecule has 0 spiro atoms. The first-order chi connectivity index (χ1) is 14.7. The van der Waals surface area contributed by atoms with E-state index in [1.165, 1.54) is 17.5 Å². The number of hydrogen-bond donors (Lipinski definition) is 1. The van der Waals surface area contributed by atoms with Crippen molar-refractivity contribution in [2.45, 2.75) is 53.2 Å². The Bertz CT molecular complexity index is 951. The standard InChI is InChI=1S/C22H36N6O2S/c1-6-27(7-2)19-10-8-18(9-11-19)16-26-13-12-20-23-24-22(28(20)15-14-26)21(17(3)4)25-31(5,29)30/h8-11,17,21,25H,6-7,12-16H2,1-5H3/t21-/m1/s1. The van der Waals surface area contributed by atoms with Crippen molar-refractivity contribution >= 4 is 15.7 Å². The molecule has 0 radical (unpaired) electrons. The lowest BCUT2D eigenvalue weighted by Gasteiger charge is -2.23. The summed E-state index contributed by atoms with van der Waals surface area (Å²) in [6.45, 7) is 13.8. The smallest absolute Gasteiger partial charge is 0.209 e. The van der Waals surface area contributed by atoms with Gasteiger partial charge >= 0.3 is 0 Å². The Morgan fingerprint density at radius 3 is 2.32 bits per heavy atom. The Morgan fingerprint density at radius 1 is 1.06 bits per heavy atom. The number of sulfonamides is 1. The zero-order valence-electron chi connectivity index (χ0n) is 19.4. The predicted molar refractivity (Wildman–Crippen MR) is 125 cm³/mol. The van der Waals surface area contributed by atoms with Crippen molar-refractivity contribution in [3.63, 3.8) is 0 Å². The minimum absolute atomic E-state index is 0.0757. The molecule has 31 heavy (non-hydrogen) atoms. The average Bonchev–Trinajstić information content (AvgIpc) is 3.01. The molecule has 0 amide bonds. The predicted octanol–water partition coefficient (Wildman–Crippen LogP) is 2.43. The normalized spacial score (nSPS) is 16.2. The van der Waals surface area contributed by atoms with Crippen molar-refractivity contribution in [2.24, 2.45) is 5.92 Å². The first-order valence-corrected chi connectivity index (χ1v) is 13.1. The van der Waals surface area contributed by atoms with Crippen LogP contribution in [-0.4, -0.2) is 60.5 Å². The van der Waals surface area contributed by atoms with Gasteiger partial charge in [-0.15, -0.1) is 10.2 Å². The number of benzene rings is 1. The SMILES string of the molecule is CCN(CC)c1ccc(CN2CCc3nnc([C@H](NS(C)(=O)=O)C(C)C)n3CC2)cc1. The molecule has 9 heteroatoms. The fraction of sp³-hybridized carbons (Fsp3) is 0.636. The molecule has 1 atom stereocenters. The van der Waals surface area contributed by atoms with Gasteiger partial charge in [0.05, 0.1) is 12.3 Å². The second-order valence-electron chi connectivity index (χ2n) is 8.60. The van der Waals surface area contributed by atoms with Gasteiger partial charge in [-0.3, -0.25) is 4.90 Å². The highest BCUT2D eigenvalue weighted by atomic mass is 32.2. The van der Waals surface area contributed by atoms with Crippen molar-refractivity contribution in [1.29, 1.82) is 0 Å². The minimum Gasteiger partial charge on any atom is -0.372 e. The van der Waals surface area contributed by atoms with Crippen LogP contribution in [0.2, 0.25) is 0 Å². The molecule has 0 bridgehead atoms. The summed E-state index contributed by atoms with van der Waals surface area (Å²) in [6, 6.07) is 8.47. The molecular weight excluding hydrogens is 412 g/mol. The number of hydrogen-bond acceptors (Lipinski definition) is 6. The fourth-order valence-corrected chi connectivity index (χ4v) is 4.99. The van der Waals surface area contributed by atoms with Gasteiger partial charge in [-0.25, -0.2) is 13.1 Å². The van der Waals surface area contributed by atoms with E-state index in [0.29, 0.717) is 5.82 Å². The highest BCUT2D eigenvalue weighted by Crippen LogP contribution is 2.24. The molecule has 1 aromatic carbocycles. The van der Waals surface area contributed by atoms with Gasteiger partial charge in [-0.2, -0.15) is 0 Å². The van der Waals surface area contributed by atoms with Crippen LogP contribution in [0.3, 0.4) is 0 Å². The summed E-state index contributed by atoms with van der Waals surface area (Å²) in [7, 11) is -3.34. The molecule has 172 valence electrons. The molecule has 2 aromatic rings. The molecule has 0 fully saturated rings. The monoisotopic (exact) mass is 448 g/mol. The molecule has 8 nitrogen and oxygen atoms in total. The van der Waals surface area contributed by atoms with Gasteiger partial charge in [-0.1, -0.05) is 26.0 Å². The molecule has 3 rings (SSSR count). The Kier molecular flexibility index (Phi) is 7.72. The van der Waals surface area contributed by atoms with Crippen LogP contribution < -0.4 is 9.62 Å². The maximum Gasteiger partial charge on any atom is 0.209 e. The molecular formula is C22H36N6O2S. The van der Waals surface area contributed by atoms with E-state index in [1.54, 1.807) is 0 Å². The number of anilines is 1. The van der Waals surface area contributed by atoms with Gasteiger partial charge < -0.3 is 9.47 Å². The van der Waals surface area contributed by atoms with Crippen LogP contribution in [-0.2, 0) is 29.5 Å². The van der Waals surface area contributed by atoms with Crippen LogP contribution in [0, 0.1) is 5.92 Å². The van der Waals surface area contributed by atoms with E-state index in [2.05, 4.69) is 67.4 Å². The van der Waals surface area contributed by atoms with Crippen molar-refractivity contribution in [1.82, 2.24) is 24.4 Å². The van der Waals surface area contributed by atoms with Crippen LogP contribution in [0.5, 0.6) is 0 Å². The van der Waals surface area contributed by atoms with E-state index in [9.17, 15) is 8.42 Å². The molecule has 0 aliphatic carbocycles. The molecule has 0 unspecified atom stereocenters. The largest absolute Gasteiger partial charge is 0.372 e. The summed E-state index contributed by atoms with van der Waals surface area (Å²) >= 11 is 0. The average molecular weight is 449 g/mol. The van der Waals surface area contributed by atoms with Gasteiger partial charge in [0.1, 0.15) is 5.82 Å². The Hall–Kier alpha value is -1.97. The topological polar surface area (TPSA) is 83.4 Å². The van der Waals surface area contributed by atoms with Crippen molar-refractivity contribution < 1.29 is 8.42 Å². The Morgan fingerprint density at radius 2 is 1.74 bits per heavy atom. The maximum atomic E-state index is 11.9. The number of nitrogens with zero attached hydrogens (tertiary/aromatic N) is 5. The molecule has 2 heterocycles. The summed E-state index contributed by atoms with van der Waals surface area (Å²) in [6.07, 6.45) is 1.99. The third kappa shape index (κ3) is 6.05. The minimum atomic E-state index is -3.34. The zero-order valence-corrected chi connectivity index (χ0v) is 20.2. The van der Waals surface area contributed by atoms with Crippen LogP contribution in [0.1, 0.15) is 50.9 Å². The summed E-state index contributed by atoms with van der Waals surface area (Å²) < 4.78 is 28.6. The third-order valence-corrected chi connectivity index (χ3v) is 6.59. The molecule has 1 aliphatic heterocycles. The van der Waals surface area contributed by atoms with E-state index in [-0.39, 0.29) is 12.0 Å². The second-order valence-corrected chi connectivity index (χ2v) is 10.4. The van der Waals surface area contributed by atoms with Crippen molar-refractivity contribution in [2.75, 3.05) is 37.3 Å². The number of nitrogens with one attached hydrogen (secondary N) is 1. The van der Waals surface area contributed by atoms with Crippen LogP contribution in [0.4, 0.5) is 5.69 Å². The second kappa shape index (κ2) is 10.1. The molecule has 1 aliphatic rings.